The minimum Gasteiger partial charge on any atom is -0.545 e. The van der Waals surface area contributed by atoms with Crippen molar-refractivity contribution in [3.63, 3.8) is 0 Å². The number of fused-ring (bicyclic) bond motifs is 3. The molecule has 33 heteroatoms. The number of methoxy groups -OCH3 is 2. The van der Waals surface area contributed by atoms with E-state index in [9.17, 15) is 54.5 Å². The zero-order chi connectivity index (χ0) is 81.7. The number of alkyl carbamates (subject to hydrolysis) is 1. The standard InChI is InChI=1S/C82H97N15O18/c1-93(2)56-30-33-61-68(42-56)114-69-43-57(94(3)4)31-34-62(69)74(61)60-32-21-50(41-63(60)80(104)105)78(102)86-65(19-12-13-35-85-82(106)113-48-64-58-17-10-8-9-11-18-59(58)64)79(103)84-36-15-39-96-46-53(89-92-96)47-111-49-72-75(99)76(100)77(101)81(115-72)112-40-16-37-83-73(98)20-14-38-95(5)54-26-22-51(23-27-54)87-90-66-44-71(110-7)67(45-70(66)109-6)91-88-52-24-28-55(29-25-52)97(107)108/h21-34,41-46,58-59,64-65,72,75-77,81,99-101H,10-20,35-40,47-49H2,1-7H3,(H4-,83,84,85,86,98,102,103,104,105,106)/b90-87+,91-88+/t58-,59+,64?,65-,72+,75+,76-,77+,81+/m0/s1. The SMILES string of the molecule is COc1cc(/N=N/c2ccc([N+](=O)[O-])cc2)c(OC)cc1/N=N/c1ccc(N(C)CCCC(=O)NCCCO[C@@H]2O[C@H](COCc3cn(CCCNC(=O)[C@H](CCCCNC(=O)OCC4[C@H]5CCC#CCC[C@@H]45)NC(=O)c4ccc(-c5c6ccc(=[N+](C)C)cc-6oc6cc(N(C)C)ccc56)c(C(=O)[O-])c4)nn3)[C@@H](O)[C@H](O)[C@H]2O)cc1. The molecule has 608 valence electrons. The number of aromatic carboxylic acids is 1. The smallest absolute Gasteiger partial charge is 0.407 e. The zero-order valence-corrected chi connectivity index (χ0v) is 65.3. The highest BCUT2D eigenvalue weighted by Crippen LogP contribution is 2.52. The van der Waals surface area contributed by atoms with E-state index in [1.165, 1.54) is 50.6 Å². The van der Waals surface area contributed by atoms with E-state index >= 15 is 0 Å². The molecule has 7 N–H and O–H groups in total. The summed E-state index contributed by atoms with van der Waals surface area (Å²) in [5.74, 6) is 6.11. The van der Waals surface area contributed by atoms with Crippen LogP contribution in [0.15, 0.2) is 146 Å². The highest BCUT2D eigenvalue weighted by Gasteiger charge is 2.49. The third kappa shape index (κ3) is 22.6. The average molecular weight is 1580 g/mol. The number of hydrogen-bond acceptors (Lipinski definition) is 26. The lowest BCUT2D eigenvalue weighted by Crippen LogP contribution is -2.59. The molecule has 1 saturated carbocycles. The number of amides is 4. The largest absolute Gasteiger partial charge is 0.545 e. The minimum absolute atomic E-state index is 0.0210. The van der Waals surface area contributed by atoms with E-state index < -0.39 is 65.5 Å². The second kappa shape index (κ2) is 40.3. The van der Waals surface area contributed by atoms with Crippen molar-refractivity contribution in [1.29, 1.82) is 0 Å². The van der Waals surface area contributed by atoms with Gasteiger partial charge in [0.05, 0.1) is 75.2 Å². The van der Waals surface area contributed by atoms with Crippen molar-refractivity contribution in [3.05, 3.63) is 154 Å². The van der Waals surface area contributed by atoms with Crippen molar-refractivity contribution in [1.82, 2.24) is 40.8 Å². The number of nitrogens with zero attached hydrogens (tertiary/aromatic N) is 11. The third-order valence-electron chi connectivity index (χ3n) is 20.4. The molecule has 5 aromatic carbocycles. The Kier molecular flexibility index (Phi) is 29.5. The van der Waals surface area contributed by atoms with Gasteiger partial charge in [0.15, 0.2) is 6.29 Å². The van der Waals surface area contributed by atoms with Crippen molar-refractivity contribution in [2.24, 2.45) is 38.2 Å². The highest BCUT2D eigenvalue weighted by molar-refractivity contribution is 6.09. The molecule has 2 aliphatic heterocycles. The molecule has 0 bridgehead atoms. The Labute approximate surface area is 664 Å². The van der Waals surface area contributed by atoms with E-state index in [-0.39, 0.29) is 75.0 Å². The fourth-order valence-electron chi connectivity index (χ4n) is 13.9. The molecular formula is C82H97N15O18. The number of carboxylic acid groups (broad SMARTS) is 1. The second-order valence-corrected chi connectivity index (χ2v) is 28.8. The molecule has 4 amide bonds. The van der Waals surface area contributed by atoms with E-state index in [1.54, 1.807) is 41.2 Å². The molecule has 3 aliphatic carbocycles. The van der Waals surface area contributed by atoms with Crippen LogP contribution in [0.2, 0.25) is 0 Å². The number of aromatic nitrogens is 3. The van der Waals surface area contributed by atoms with Crippen molar-refractivity contribution in [2.45, 2.75) is 121 Å². The molecule has 0 spiro atoms. The van der Waals surface area contributed by atoms with Crippen LogP contribution in [0.4, 0.5) is 44.6 Å². The molecule has 1 aromatic heterocycles. The fraction of sp³-hybridized carbons (Fsp3) is 0.439. The number of nitrogens with one attached hydrogen (secondary N) is 4. The molecule has 1 unspecified atom stereocenters. The Bertz CT molecular complexity index is 4880. The van der Waals surface area contributed by atoms with Gasteiger partial charge < -0.3 is 89.1 Å². The van der Waals surface area contributed by atoms with Gasteiger partial charge in [-0.2, -0.15) is 10.2 Å². The summed E-state index contributed by atoms with van der Waals surface area (Å²) in [4.78, 5) is 81.6. The maximum atomic E-state index is 14.3. The normalized spacial score (nSPS) is 18.6. The Morgan fingerprint density at radius 3 is 2.07 bits per heavy atom. The number of ether oxygens (including phenoxy) is 6. The molecule has 6 aromatic rings. The van der Waals surface area contributed by atoms with Gasteiger partial charge in [-0.15, -0.1) is 27.2 Å². The van der Waals surface area contributed by atoms with Crippen LogP contribution >= 0.6 is 0 Å². The molecule has 9 atom stereocenters. The first-order valence-corrected chi connectivity index (χ1v) is 38.2. The lowest BCUT2D eigenvalue weighted by molar-refractivity contribution is -0.384. The Morgan fingerprint density at radius 1 is 0.730 bits per heavy atom. The number of azo groups is 2. The van der Waals surface area contributed by atoms with Gasteiger partial charge in [-0.25, -0.2) is 9.37 Å². The second-order valence-electron chi connectivity index (χ2n) is 28.8. The molecule has 0 radical (unpaired) electrons. The molecule has 5 aliphatic rings. The van der Waals surface area contributed by atoms with Crippen LogP contribution in [0.5, 0.6) is 11.5 Å². The number of aryl methyl sites for hydroxylation is 1. The molecule has 115 heavy (non-hydrogen) atoms. The Hall–Kier alpha value is -11.8. The summed E-state index contributed by atoms with van der Waals surface area (Å²) in [5.41, 5.74) is 5.53. The van der Waals surface area contributed by atoms with Gasteiger partial charge in [0.2, 0.25) is 17.2 Å². The van der Waals surface area contributed by atoms with E-state index in [2.05, 4.69) is 63.9 Å². The number of nitro groups is 1. The van der Waals surface area contributed by atoms with Gasteiger partial charge in [-0.3, -0.25) is 29.2 Å². The molecule has 3 heterocycles. The van der Waals surface area contributed by atoms with Gasteiger partial charge in [-0.05, 0) is 141 Å². The molecule has 11 rings (SSSR count). The number of carbonyl (C=O) groups is 5. The fourth-order valence-corrected chi connectivity index (χ4v) is 13.9. The Morgan fingerprint density at radius 2 is 1.40 bits per heavy atom. The van der Waals surface area contributed by atoms with E-state index in [4.69, 9.17) is 32.8 Å². The first kappa shape index (κ1) is 84.1. The van der Waals surface area contributed by atoms with Crippen LogP contribution in [-0.2, 0) is 41.7 Å². The summed E-state index contributed by atoms with van der Waals surface area (Å²) in [6.07, 6.45) is 0.244. The van der Waals surface area contributed by atoms with Crippen molar-refractivity contribution in [2.75, 3.05) is 105 Å². The number of carboxylic acids is 1. The number of unbranched alkanes of at least 4 members (excludes halogenated alkanes) is 1. The summed E-state index contributed by atoms with van der Waals surface area (Å²) in [5, 5.41) is 95.0. The van der Waals surface area contributed by atoms with Crippen LogP contribution < -0.4 is 55.6 Å². The maximum absolute atomic E-state index is 14.3. The number of carbonyl (C=O) groups excluding carboxylic acids is 5. The van der Waals surface area contributed by atoms with E-state index in [0.29, 0.717) is 143 Å². The molecule has 1 saturated heterocycles. The molecule has 33 nitrogen and oxygen atoms in total. The number of anilines is 2. The van der Waals surface area contributed by atoms with Gasteiger partial charge >= 0.3 is 6.09 Å². The highest BCUT2D eigenvalue weighted by atomic mass is 16.7. The number of benzene rings is 6. The number of non-ortho nitro benzene ring substituents is 1. The predicted molar refractivity (Wildman–Crippen MR) is 423 cm³/mol. The van der Waals surface area contributed by atoms with Crippen LogP contribution in [0.3, 0.4) is 0 Å². The van der Waals surface area contributed by atoms with Crippen molar-refractivity contribution in [3.8, 4) is 45.8 Å². The molecular weight excluding hydrogens is 1480 g/mol. The molecule has 2 fully saturated rings. The van der Waals surface area contributed by atoms with Gasteiger partial charge in [0.1, 0.15) is 84.5 Å². The number of hydrogen-bond donors (Lipinski definition) is 7. The number of aliphatic hydroxyl groups excluding tert-OH is 3. The maximum Gasteiger partial charge on any atom is 0.407 e. The van der Waals surface area contributed by atoms with E-state index in [0.717, 1.165) is 42.4 Å². The van der Waals surface area contributed by atoms with E-state index in [1.807, 2.05) is 98.1 Å². The van der Waals surface area contributed by atoms with Gasteiger partial charge in [0.25, 0.3) is 11.6 Å². The number of aliphatic hydroxyl groups is 3. The quantitative estimate of drug-likeness (QED) is 0.00363. The number of rotatable bonds is 38. The summed E-state index contributed by atoms with van der Waals surface area (Å²) >= 11 is 0. The summed E-state index contributed by atoms with van der Waals surface area (Å²) in [6.45, 7) is 1.64. The third-order valence-corrected chi connectivity index (χ3v) is 20.4. The summed E-state index contributed by atoms with van der Waals surface area (Å²) < 4.78 is 44.1. The Balaban J connectivity index is 0.610. The van der Waals surface area contributed by atoms with Crippen molar-refractivity contribution >= 4 is 80.6 Å². The van der Waals surface area contributed by atoms with Crippen LogP contribution in [0, 0.1) is 39.7 Å². The van der Waals surface area contributed by atoms with Crippen molar-refractivity contribution < 1.29 is 82.2 Å². The monoisotopic (exact) mass is 1580 g/mol. The zero-order valence-electron chi connectivity index (χ0n) is 65.3. The summed E-state index contributed by atoms with van der Waals surface area (Å²) in [6, 6.07) is 30.8. The minimum atomic E-state index is -1.62. The lowest BCUT2D eigenvalue weighted by Gasteiger charge is -2.40. The lowest BCUT2D eigenvalue weighted by atomic mass is 9.89. The first-order valence-electron chi connectivity index (χ1n) is 38.2. The van der Waals surface area contributed by atoms with Crippen LogP contribution in [0.25, 0.3) is 33.4 Å². The average Bonchev–Trinajstić information content (AvgIpc) is 0.997. The van der Waals surface area contributed by atoms with Gasteiger partial charge in [0, 0.05) is 149 Å². The van der Waals surface area contributed by atoms with Crippen LogP contribution in [0.1, 0.15) is 97.0 Å². The van der Waals surface area contributed by atoms with Crippen LogP contribution in [-0.4, -0.2) is 197 Å². The topological polar surface area (TPSA) is 419 Å². The predicted octanol–water partition coefficient (Wildman–Crippen LogP) is 8.42. The summed E-state index contributed by atoms with van der Waals surface area (Å²) in [7, 11) is 12.5. The van der Waals surface area contributed by atoms with Gasteiger partial charge in [-0.1, -0.05) is 11.3 Å². The number of nitro benzene ring substituents is 1. The first-order chi connectivity index (χ1) is 55.5.